The first kappa shape index (κ1) is 29.3. The van der Waals surface area contributed by atoms with E-state index in [1.54, 1.807) is 31.2 Å². The maximum Gasteiger partial charge on any atom is 0.264 e. The van der Waals surface area contributed by atoms with Gasteiger partial charge in [-0.25, -0.2) is 31.5 Å². The molecule has 3 aromatic carbocycles. The van der Waals surface area contributed by atoms with E-state index in [4.69, 9.17) is 23.2 Å². The number of carbonyl (C=O) groups is 1. The van der Waals surface area contributed by atoms with Crippen LogP contribution >= 0.6 is 23.2 Å². The van der Waals surface area contributed by atoms with Crippen molar-refractivity contribution in [3.63, 3.8) is 0 Å². The molecule has 0 aliphatic rings. The number of sulfonamides is 2. The number of rotatable bonds is 9. The first-order valence-electron chi connectivity index (χ1n) is 11.6. The molecule has 0 aliphatic carbocycles. The van der Waals surface area contributed by atoms with E-state index in [-0.39, 0.29) is 23.0 Å². The highest BCUT2D eigenvalue weighted by molar-refractivity contribution is 7.92. The van der Waals surface area contributed by atoms with Gasteiger partial charge in [-0.15, -0.1) is 0 Å². The number of benzene rings is 3. The number of halogens is 2. The minimum atomic E-state index is -3.94. The molecule has 0 atom stereocenters. The molecule has 0 aliphatic heterocycles. The maximum atomic E-state index is 12.8. The van der Waals surface area contributed by atoms with Gasteiger partial charge in [0.25, 0.3) is 15.9 Å². The molecular weight excluding hydrogens is 597 g/mol. The van der Waals surface area contributed by atoms with Crippen LogP contribution < -0.4 is 14.3 Å². The van der Waals surface area contributed by atoms with Crippen LogP contribution in [0.3, 0.4) is 0 Å². The summed E-state index contributed by atoms with van der Waals surface area (Å²) in [5.74, 6) is -0.529. The summed E-state index contributed by atoms with van der Waals surface area (Å²) < 4.78 is 53.8. The second-order valence-corrected chi connectivity index (χ2v) is 13.0. The third-order valence-corrected chi connectivity index (χ3v) is 8.82. The van der Waals surface area contributed by atoms with Gasteiger partial charge in [0, 0.05) is 38.8 Å². The molecule has 1 amide bonds. The van der Waals surface area contributed by atoms with E-state index in [2.05, 4.69) is 20.0 Å². The van der Waals surface area contributed by atoms with Gasteiger partial charge in [-0.3, -0.25) is 9.10 Å². The molecule has 14 heteroatoms. The second kappa shape index (κ2) is 11.8. The SMILES string of the molecule is Cc1ccnc(NS(=O)(=O)c2ccc(NC(=O)c3ccc(N(Cc4c(Cl)cccc4Cl)S(C)(=O)=O)cc3)cc2)n1. The summed E-state index contributed by atoms with van der Waals surface area (Å²) >= 11 is 12.5. The van der Waals surface area contributed by atoms with Crippen molar-refractivity contribution in [1.29, 1.82) is 0 Å². The van der Waals surface area contributed by atoms with Gasteiger partial charge in [0.2, 0.25) is 16.0 Å². The van der Waals surface area contributed by atoms with Gasteiger partial charge in [-0.2, -0.15) is 0 Å². The highest BCUT2D eigenvalue weighted by atomic mass is 35.5. The molecule has 1 heterocycles. The van der Waals surface area contributed by atoms with Gasteiger partial charge in [0.15, 0.2) is 0 Å². The fourth-order valence-corrected chi connectivity index (χ4v) is 5.94. The first-order chi connectivity index (χ1) is 18.8. The Hall–Kier alpha value is -3.71. The van der Waals surface area contributed by atoms with Crippen LogP contribution in [0.5, 0.6) is 0 Å². The largest absolute Gasteiger partial charge is 0.322 e. The maximum absolute atomic E-state index is 12.8. The first-order valence-corrected chi connectivity index (χ1v) is 15.7. The fraction of sp³-hybridized carbons (Fsp3) is 0.115. The fourth-order valence-electron chi connectivity index (χ4n) is 3.60. The summed E-state index contributed by atoms with van der Waals surface area (Å²) in [6, 6.07) is 18.0. The van der Waals surface area contributed by atoms with Crippen molar-refractivity contribution >= 4 is 66.5 Å². The summed E-state index contributed by atoms with van der Waals surface area (Å²) in [4.78, 5) is 20.7. The lowest BCUT2D eigenvalue weighted by Gasteiger charge is -2.23. The van der Waals surface area contributed by atoms with Gasteiger partial charge in [0.1, 0.15) is 0 Å². The van der Waals surface area contributed by atoms with E-state index in [9.17, 15) is 21.6 Å². The third kappa shape index (κ3) is 7.07. The molecule has 0 unspecified atom stereocenters. The molecule has 0 saturated carbocycles. The van der Waals surface area contributed by atoms with E-state index in [1.807, 2.05) is 0 Å². The van der Waals surface area contributed by atoms with Crippen LogP contribution in [0, 0.1) is 6.92 Å². The average molecular weight is 621 g/mol. The lowest BCUT2D eigenvalue weighted by atomic mass is 10.1. The number of nitrogens with zero attached hydrogens (tertiary/aromatic N) is 3. The van der Waals surface area contributed by atoms with Crippen LogP contribution in [0.2, 0.25) is 10.0 Å². The zero-order valence-electron chi connectivity index (χ0n) is 21.2. The number of hydrogen-bond donors (Lipinski definition) is 2. The molecule has 4 aromatic rings. The van der Waals surface area contributed by atoms with Crippen LogP contribution in [-0.2, 0) is 26.6 Å². The molecular formula is C26H23Cl2N5O5S2. The summed E-state index contributed by atoms with van der Waals surface area (Å²) in [5.41, 5.74) is 1.97. The molecule has 0 fully saturated rings. The zero-order valence-corrected chi connectivity index (χ0v) is 24.3. The smallest absolute Gasteiger partial charge is 0.264 e. The summed E-state index contributed by atoms with van der Waals surface area (Å²) in [6.45, 7) is 1.62. The normalized spacial score (nSPS) is 11.6. The lowest BCUT2D eigenvalue weighted by molar-refractivity contribution is 0.102. The number of aryl methyl sites for hydroxylation is 1. The van der Waals surface area contributed by atoms with Gasteiger partial charge < -0.3 is 5.32 Å². The summed E-state index contributed by atoms with van der Waals surface area (Å²) in [7, 11) is -7.65. The highest BCUT2D eigenvalue weighted by Gasteiger charge is 2.21. The minimum Gasteiger partial charge on any atom is -0.322 e. The molecule has 0 spiro atoms. The van der Waals surface area contributed by atoms with Crippen molar-refractivity contribution in [3.05, 3.63) is 106 Å². The molecule has 10 nitrogen and oxygen atoms in total. The monoisotopic (exact) mass is 619 g/mol. The Kier molecular flexibility index (Phi) is 8.64. The Morgan fingerprint density at radius 3 is 2.10 bits per heavy atom. The molecule has 0 bridgehead atoms. The molecule has 208 valence electrons. The topological polar surface area (TPSA) is 138 Å². The van der Waals surface area contributed by atoms with Crippen LogP contribution in [0.1, 0.15) is 21.6 Å². The van der Waals surface area contributed by atoms with Crippen LogP contribution in [-0.4, -0.2) is 39.0 Å². The lowest BCUT2D eigenvalue weighted by Crippen LogP contribution is -2.29. The van der Waals surface area contributed by atoms with Crippen molar-refractivity contribution < 1.29 is 21.6 Å². The Balaban J connectivity index is 1.47. The van der Waals surface area contributed by atoms with Crippen molar-refractivity contribution in [2.24, 2.45) is 0 Å². The number of aromatic nitrogens is 2. The number of anilines is 3. The average Bonchev–Trinajstić information content (AvgIpc) is 2.88. The van der Waals surface area contributed by atoms with Crippen molar-refractivity contribution in [2.45, 2.75) is 18.4 Å². The molecule has 0 radical (unpaired) electrons. The molecule has 40 heavy (non-hydrogen) atoms. The Morgan fingerprint density at radius 1 is 0.900 bits per heavy atom. The van der Waals surface area contributed by atoms with E-state index in [0.29, 0.717) is 32.7 Å². The quantitative estimate of drug-likeness (QED) is 0.265. The van der Waals surface area contributed by atoms with E-state index < -0.39 is 26.0 Å². The third-order valence-electron chi connectivity index (χ3n) is 5.62. The molecule has 2 N–H and O–H groups in total. The predicted molar refractivity (Wildman–Crippen MR) is 156 cm³/mol. The number of amides is 1. The van der Waals surface area contributed by atoms with Crippen molar-refractivity contribution in [1.82, 2.24) is 9.97 Å². The second-order valence-electron chi connectivity index (χ2n) is 8.62. The standard InChI is InChI=1S/C26H23Cl2N5O5S2/c1-17-14-15-29-26(30-17)32-40(37,38)21-12-8-19(9-13-21)31-25(34)18-6-10-20(11-7-18)33(39(2,35)36)16-22-23(27)4-3-5-24(22)28/h3-15H,16H2,1-2H3,(H,31,34)(H,29,30,32). The van der Waals surface area contributed by atoms with Crippen LogP contribution in [0.4, 0.5) is 17.3 Å². The van der Waals surface area contributed by atoms with Crippen LogP contribution in [0.25, 0.3) is 0 Å². The van der Waals surface area contributed by atoms with Gasteiger partial charge in [-0.1, -0.05) is 29.3 Å². The highest BCUT2D eigenvalue weighted by Crippen LogP contribution is 2.29. The molecule has 1 aromatic heterocycles. The van der Waals surface area contributed by atoms with E-state index >= 15 is 0 Å². The van der Waals surface area contributed by atoms with Crippen molar-refractivity contribution in [2.75, 3.05) is 20.6 Å². The summed E-state index contributed by atoms with van der Waals surface area (Å²) in [6.07, 6.45) is 2.50. The Bertz CT molecular complexity index is 1750. The van der Waals surface area contributed by atoms with Gasteiger partial charge in [0.05, 0.1) is 23.4 Å². The number of hydrogen-bond acceptors (Lipinski definition) is 7. The Labute approximate surface area is 242 Å². The van der Waals surface area contributed by atoms with Crippen molar-refractivity contribution in [3.8, 4) is 0 Å². The van der Waals surface area contributed by atoms with E-state index in [0.717, 1.165) is 10.6 Å². The van der Waals surface area contributed by atoms with Gasteiger partial charge in [-0.05, 0) is 73.7 Å². The summed E-state index contributed by atoms with van der Waals surface area (Å²) in [5, 5.41) is 3.34. The molecule has 4 rings (SSSR count). The number of carbonyl (C=O) groups excluding carboxylic acids is 1. The molecule has 0 saturated heterocycles. The van der Waals surface area contributed by atoms with E-state index in [1.165, 1.54) is 54.7 Å². The number of nitrogens with one attached hydrogen (secondary N) is 2. The minimum absolute atomic E-state index is 0.0422. The van der Waals surface area contributed by atoms with Gasteiger partial charge >= 0.3 is 0 Å². The van der Waals surface area contributed by atoms with Crippen LogP contribution in [0.15, 0.2) is 83.9 Å². The predicted octanol–water partition coefficient (Wildman–Crippen LogP) is 5.11. The Morgan fingerprint density at radius 2 is 1.52 bits per heavy atom. The zero-order chi connectivity index (χ0) is 29.1.